The largest absolute Gasteiger partial charge is 0.455 e. The average Bonchev–Trinajstić information content (AvgIpc) is 2.99. The maximum atomic E-state index is 13.7. The summed E-state index contributed by atoms with van der Waals surface area (Å²) in [6.07, 6.45) is 6.71. The van der Waals surface area contributed by atoms with Crippen LogP contribution >= 0.6 is 0 Å². The normalized spacial score (nSPS) is 14.8. The summed E-state index contributed by atoms with van der Waals surface area (Å²) in [7, 11) is 0. The number of nitrogens with two attached hydrogens (primary N) is 4. The van der Waals surface area contributed by atoms with Crippen LogP contribution in [0.25, 0.3) is 10.8 Å². The van der Waals surface area contributed by atoms with Gasteiger partial charge in [-0.1, -0.05) is 62.4 Å². The number of carbonyl (C=O) groups excluding carboxylic acids is 3. The van der Waals surface area contributed by atoms with E-state index in [1.165, 1.54) is 18.6 Å². The topological polar surface area (TPSA) is 201 Å². The third kappa shape index (κ3) is 9.17. The third-order valence-corrected chi connectivity index (χ3v) is 7.70. The molecule has 0 heterocycles. The van der Waals surface area contributed by atoms with Gasteiger partial charge in [0.2, 0.25) is 17.7 Å². The fourth-order valence-electron chi connectivity index (χ4n) is 5.36. The Morgan fingerprint density at radius 2 is 1.65 bits per heavy atom. The molecule has 11 heteroatoms. The predicted octanol–water partition coefficient (Wildman–Crippen LogP) is 3.51. The minimum absolute atomic E-state index is 0.0185. The molecule has 1 saturated carbocycles. The van der Waals surface area contributed by atoms with Crippen molar-refractivity contribution in [3.63, 3.8) is 0 Å². The zero-order valence-corrected chi connectivity index (χ0v) is 24.3. The van der Waals surface area contributed by atoms with Crippen LogP contribution in [0.1, 0.15) is 61.7 Å². The Labute approximate surface area is 251 Å². The van der Waals surface area contributed by atoms with Crippen LogP contribution in [-0.2, 0) is 9.59 Å². The lowest BCUT2D eigenvalue weighted by molar-refractivity contribution is -0.127. The summed E-state index contributed by atoms with van der Waals surface area (Å²) in [5.41, 5.74) is 23.0. The summed E-state index contributed by atoms with van der Waals surface area (Å²) < 4.78 is 6.17. The molecule has 1 aliphatic rings. The summed E-state index contributed by atoms with van der Waals surface area (Å²) in [6, 6.07) is 16.4. The highest BCUT2D eigenvalue weighted by Crippen LogP contribution is 2.33. The molecule has 10 N–H and O–H groups in total. The molecule has 228 valence electrons. The van der Waals surface area contributed by atoms with Gasteiger partial charge in [0.1, 0.15) is 11.8 Å². The summed E-state index contributed by atoms with van der Waals surface area (Å²) >= 11 is 0. The molecule has 0 aromatic heterocycles. The van der Waals surface area contributed by atoms with Crippen molar-refractivity contribution in [2.45, 2.75) is 63.5 Å². The van der Waals surface area contributed by atoms with Crippen LogP contribution in [0.15, 0.2) is 65.7 Å². The van der Waals surface area contributed by atoms with Gasteiger partial charge in [0.15, 0.2) is 11.7 Å². The van der Waals surface area contributed by atoms with Crippen molar-refractivity contribution in [1.29, 1.82) is 0 Å². The molecule has 0 saturated heterocycles. The third-order valence-electron chi connectivity index (χ3n) is 7.70. The molecule has 0 aliphatic heterocycles. The number of amides is 3. The number of nitrogens with one attached hydrogen (secondary N) is 2. The van der Waals surface area contributed by atoms with E-state index >= 15 is 0 Å². The maximum absolute atomic E-state index is 13.7. The standard InChI is InChI=1S/C32H41N7O4/c33-25(11-6-16-37-32(35)36)30(41)39-27(17-20-7-2-1-3-8-20)31(42)38-26-15-13-23(29(34)40)19-28(26)43-24-14-12-21-9-4-5-10-22(21)18-24/h4-5,9-10,12-15,18-20,25,27H,1-3,6-8,11,16-17,33H2,(H2,34,40)(H,38,42)(H,39,41)(H4,35,36,37)/t25-,27-/m0/s1. The van der Waals surface area contributed by atoms with E-state index in [1.54, 1.807) is 6.07 Å². The second-order valence-corrected chi connectivity index (χ2v) is 11.0. The van der Waals surface area contributed by atoms with Crippen molar-refractivity contribution in [2.75, 3.05) is 11.9 Å². The van der Waals surface area contributed by atoms with Crippen LogP contribution < -0.4 is 38.3 Å². The number of nitrogens with zero attached hydrogens (tertiary/aromatic N) is 1. The smallest absolute Gasteiger partial charge is 0.248 e. The van der Waals surface area contributed by atoms with E-state index in [0.717, 1.165) is 36.5 Å². The number of hydrogen-bond donors (Lipinski definition) is 6. The maximum Gasteiger partial charge on any atom is 0.248 e. The molecule has 1 aliphatic carbocycles. The van der Waals surface area contributed by atoms with Crippen molar-refractivity contribution in [2.24, 2.45) is 33.8 Å². The first-order chi connectivity index (χ1) is 20.7. The van der Waals surface area contributed by atoms with Gasteiger partial charge >= 0.3 is 0 Å². The molecular weight excluding hydrogens is 546 g/mol. The van der Waals surface area contributed by atoms with Gasteiger partial charge < -0.3 is 38.3 Å². The fraction of sp³-hybridized carbons (Fsp3) is 0.375. The molecule has 0 unspecified atom stereocenters. The van der Waals surface area contributed by atoms with Gasteiger partial charge in [0.25, 0.3) is 0 Å². The molecule has 11 nitrogen and oxygen atoms in total. The molecule has 1 fully saturated rings. The lowest BCUT2D eigenvalue weighted by Crippen LogP contribution is -2.50. The zero-order valence-electron chi connectivity index (χ0n) is 24.3. The zero-order chi connectivity index (χ0) is 30.8. The first kappa shape index (κ1) is 31.3. The van der Waals surface area contributed by atoms with E-state index < -0.39 is 29.8 Å². The molecule has 4 rings (SSSR count). The van der Waals surface area contributed by atoms with Crippen molar-refractivity contribution in [3.8, 4) is 11.5 Å². The monoisotopic (exact) mass is 587 g/mol. The minimum Gasteiger partial charge on any atom is -0.455 e. The molecule has 0 radical (unpaired) electrons. The van der Waals surface area contributed by atoms with E-state index in [9.17, 15) is 14.4 Å². The number of anilines is 1. The van der Waals surface area contributed by atoms with Crippen LogP contribution in [0.5, 0.6) is 11.5 Å². The summed E-state index contributed by atoms with van der Waals surface area (Å²) in [4.78, 5) is 42.6. The molecule has 43 heavy (non-hydrogen) atoms. The molecule has 3 aromatic carbocycles. The van der Waals surface area contributed by atoms with Gasteiger partial charge in [-0.25, -0.2) is 0 Å². The number of hydrogen-bond acceptors (Lipinski definition) is 6. The van der Waals surface area contributed by atoms with Crippen LogP contribution in [-0.4, -0.2) is 42.3 Å². The SMILES string of the molecule is NC(=O)c1ccc(NC(=O)[C@H](CC2CCCCC2)NC(=O)[C@@H](N)CCCN=C(N)N)c(Oc2ccc3ccccc3c2)c1. The highest BCUT2D eigenvalue weighted by Gasteiger charge is 2.28. The van der Waals surface area contributed by atoms with Gasteiger partial charge in [-0.05, 0) is 66.3 Å². The minimum atomic E-state index is -0.822. The lowest BCUT2D eigenvalue weighted by Gasteiger charge is -2.27. The molecular formula is C32H41N7O4. The van der Waals surface area contributed by atoms with Crippen molar-refractivity contribution >= 4 is 40.1 Å². The Hall–Kier alpha value is -4.64. The van der Waals surface area contributed by atoms with Crippen molar-refractivity contribution in [3.05, 3.63) is 66.2 Å². The van der Waals surface area contributed by atoms with Crippen LogP contribution in [0, 0.1) is 5.92 Å². The summed E-state index contributed by atoms with van der Waals surface area (Å²) in [5.74, 6) is -0.395. The number of benzene rings is 3. The van der Waals surface area contributed by atoms with E-state index in [4.69, 9.17) is 27.7 Å². The lowest BCUT2D eigenvalue weighted by atomic mass is 9.84. The van der Waals surface area contributed by atoms with E-state index in [0.29, 0.717) is 43.2 Å². The Morgan fingerprint density at radius 3 is 2.37 bits per heavy atom. The number of fused-ring (bicyclic) bond motifs is 1. The van der Waals surface area contributed by atoms with Crippen LogP contribution in [0.2, 0.25) is 0 Å². The first-order valence-electron chi connectivity index (χ1n) is 14.7. The highest BCUT2D eigenvalue weighted by atomic mass is 16.5. The highest BCUT2D eigenvalue weighted by molar-refractivity contribution is 6.00. The van der Waals surface area contributed by atoms with Gasteiger partial charge in [-0.2, -0.15) is 0 Å². The molecule has 0 spiro atoms. The Kier molecular flexibility index (Phi) is 10.9. The quantitative estimate of drug-likeness (QED) is 0.0997. The molecule has 2 atom stereocenters. The van der Waals surface area contributed by atoms with Gasteiger partial charge in [-0.3, -0.25) is 19.4 Å². The van der Waals surface area contributed by atoms with Gasteiger partial charge in [-0.15, -0.1) is 0 Å². The van der Waals surface area contributed by atoms with E-state index in [2.05, 4.69) is 15.6 Å². The first-order valence-corrected chi connectivity index (χ1v) is 14.7. The Morgan fingerprint density at radius 1 is 0.907 bits per heavy atom. The predicted molar refractivity (Wildman–Crippen MR) is 169 cm³/mol. The van der Waals surface area contributed by atoms with Crippen LogP contribution in [0.4, 0.5) is 5.69 Å². The number of rotatable bonds is 13. The second-order valence-electron chi connectivity index (χ2n) is 11.0. The van der Waals surface area contributed by atoms with E-state index in [-0.39, 0.29) is 17.3 Å². The fourth-order valence-corrected chi connectivity index (χ4v) is 5.36. The van der Waals surface area contributed by atoms with E-state index in [1.807, 2.05) is 42.5 Å². The molecule has 0 bridgehead atoms. The number of guanidine groups is 1. The summed E-state index contributed by atoms with van der Waals surface area (Å²) in [5, 5.41) is 7.81. The number of carbonyl (C=O) groups is 3. The van der Waals surface area contributed by atoms with Gasteiger partial charge in [0.05, 0.1) is 11.7 Å². The van der Waals surface area contributed by atoms with Crippen molar-refractivity contribution in [1.82, 2.24) is 5.32 Å². The Balaban J connectivity index is 1.53. The second kappa shape index (κ2) is 15.0. The Bertz CT molecular complexity index is 1470. The van der Waals surface area contributed by atoms with Gasteiger partial charge in [0, 0.05) is 12.1 Å². The van der Waals surface area contributed by atoms with Crippen LogP contribution in [0.3, 0.4) is 0 Å². The average molecular weight is 588 g/mol. The number of aliphatic imine (C=N–C) groups is 1. The van der Waals surface area contributed by atoms with Crippen molar-refractivity contribution < 1.29 is 19.1 Å². The number of primary amides is 1. The number of ether oxygens (including phenoxy) is 1. The molecule has 3 aromatic rings. The molecule has 3 amide bonds. The summed E-state index contributed by atoms with van der Waals surface area (Å²) in [6.45, 7) is 0.358.